The van der Waals surface area contributed by atoms with Gasteiger partial charge >= 0.3 is 19.5 Å². The standard InChI is InChI=1S/C13H21NS2.Rh/c1-10(2)15-8-12-6-5-7-13(14-12)9-16-11(3)4;/h5-7,10-11H,8-9H2,1-4H3;/q;+3. The molecule has 0 saturated carbocycles. The molecule has 1 heterocycles. The Bertz CT molecular complexity index is 289. The van der Waals surface area contributed by atoms with E-state index in [0.29, 0.717) is 10.5 Å². The van der Waals surface area contributed by atoms with Gasteiger partial charge in [0.15, 0.2) is 0 Å². The molecule has 0 unspecified atom stereocenters. The van der Waals surface area contributed by atoms with Crippen LogP contribution in [0.1, 0.15) is 39.1 Å². The summed E-state index contributed by atoms with van der Waals surface area (Å²) >= 11 is 3.90. The van der Waals surface area contributed by atoms with E-state index in [4.69, 9.17) is 0 Å². The van der Waals surface area contributed by atoms with E-state index in [9.17, 15) is 0 Å². The first-order valence-corrected chi connectivity index (χ1v) is 7.85. The number of thioether (sulfide) groups is 2. The SMILES string of the molecule is CC(C)SCc1cccc(CSC(C)C)n1.[Rh+3]. The Hall–Kier alpha value is 0.473. The van der Waals surface area contributed by atoms with E-state index in [2.05, 4.69) is 50.9 Å². The van der Waals surface area contributed by atoms with Crippen molar-refractivity contribution in [2.24, 2.45) is 0 Å². The van der Waals surface area contributed by atoms with Crippen molar-refractivity contribution in [3.63, 3.8) is 0 Å². The van der Waals surface area contributed by atoms with Gasteiger partial charge < -0.3 is 0 Å². The van der Waals surface area contributed by atoms with Gasteiger partial charge in [0.1, 0.15) is 0 Å². The van der Waals surface area contributed by atoms with Crippen molar-refractivity contribution < 1.29 is 19.5 Å². The summed E-state index contributed by atoms with van der Waals surface area (Å²) in [6.07, 6.45) is 0. The fourth-order valence-corrected chi connectivity index (χ4v) is 2.52. The van der Waals surface area contributed by atoms with Crippen molar-refractivity contribution in [2.75, 3.05) is 0 Å². The molecule has 0 bridgehead atoms. The molecule has 0 fully saturated rings. The Balaban J connectivity index is 0.00000256. The molecule has 17 heavy (non-hydrogen) atoms. The van der Waals surface area contributed by atoms with Gasteiger partial charge in [-0.1, -0.05) is 33.8 Å². The van der Waals surface area contributed by atoms with Crippen LogP contribution in [0.4, 0.5) is 0 Å². The first kappa shape index (κ1) is 17.5. The normalized spacial score (nSPS) is 10.7. The number of pyridine rings is 1. The molecule has 1 aromatic heterocycles. The van der Waals surface area contributed by atoms with Gasteiger partial charge in [0.05, 0.1) is 11.4 Å². The van der Waals surface area contributed by atoms with Crippen LogP contribution < -0.4 is 0 Å². The molecule has 0 aromatic carbocycles. The van der Waals surface area contributed by atoms with Crippen molar-refractivity contribution in [1.29, 1.82) is 0 Å². The fraction of sp³-hybridized carbons (Fsp3) is 0.615. The van der Waals surface area contributed by atoms with E-state index in [0.717, 1.165) is 11.5 Å². The second-order valence-electron chi connectivity index (χ2n) is 4.34. The minimum absolute atomic E-state index is 0. The second-order valence-corrected chi connectivity index (χ2v) is 7.47. The number of nitrogens with zero attached hydrogens (tertiary/aromatic N) is 1. The Kier molecular flexibility index (Phi) is 9.67. The summed E-state index contributed by atoms with van der Waals surface area (Å²) in [5.74, 6) is 2.05. The van der Waals surface area contributed by atoms with E-state index >= 15 is 0 Å². The van der Waals surface area contributed by atoms with Crippen LogP contribution >= 0.6 is 23.5 Å². The molecule has 96 valence electrons. The summed E-state index contributed by atoms with van der Waals surface area (Å²) in [4.78, 5) is 4.68. The molecule has 0 aliphatic rings. The van der Waals surface area contributed by atoms with Gasteiger partial charge in [0, 0.05) is 11.5 Å². The maximum atomic E-state index is 4.68. The van der Waals surface area contributed by atoms with Crippen LogP contribution in [0.25, 0.3) is 0 Å². The van der Waals surface area contributed by atoms with Gasteiger partial charge in [-0.2, -0.15) is 23.5 Å². The average Bonchev–Trinajstić information content (AvgIpc) is 2.24. The maximum absolute atomic E-state index is 4.68. The zero-order valence-electron chi connectivity index (χ0n) is 10.9. The molecule has 1 nitrogen and oxygen atoms in total. The van der Waals surface area contributed by atoms with Crippen LogP contribution in [0.3, 0.4) is 0 Å². The topological polar surface area (TPSA) is 12.9 Å². The quantitative estimate of drug-likeness (QED) is 0.701. The van der Waals surface area contributed by atoms with E-state index in [1.165, 1.54) is 11.4 Å². The van der Waals surface area contributed by atoms with Gasteiger partial charge in [-0.25, -0.2) is 0 Å². The summed E-state index contributed by atoms with van der Waals surface area (Å²) in [7, 11) is 0. The molecular formula is C13H21NRhS2+3. The first-order valence-electron chi connectivity index (χ1n) is 5.76. The average molecular weight is 358 g/mol. The van der Waals surface area contributed by atoms with Crippen LogP contribution in [-0.4, -0.2) is 15.5 Å². The summed E-state index contributed by atoms with van der Waals surface area (Å²) in [5, 5.41) is 1.35. The molecule has 0 spiro atoms. The van der Waals surface area contributed by atoms with Crippen molar-refractivity contribution in [1.82, 2.24) is 4.98 Å². The summed E-state index contributed by atoms with van der Waals surface area (Å²) in [6.45, 7) is 8.90. The summed E-state index contributed by atoms with van der Waals surface area (Å²) in [5.41, 5.74) is 2.42. The molecule has 0 radical (unpaired) electrons. The Morgan fingerprint density at radius 3 is 1.71 bits per heavy atom. The van der Waals surface area contributed by atoms with Gasteiger partial charge in [-0.05, 0) is 22.6 Å². The van der Waals surface area contributed by atoms with Crippen LogP contribution in [0, 0.1) is 0 Å². The van der Waals surface area contributed by atoms with Gasteiger partial charge in [-0.3, -0.25) is 4.98 Å². The largest absolute Gasteiger partial charge is 3.00 e. The number of aromatic nitrogens is 1. The number of hydrogen-bond acceptors (Lipinski definition) is 3. The van der Waals surface area contributed by atoms with Crippen molar-refractivity contribution in [3.8, 4) is 0 Å². The van der Waals surface area contributed by atoms with E-state index < -0.39 is 0 Å². The van der Waals surface area contributed by atoms with Crippen LogP contribution in [-0.2, 0) is 31.0 Å². The molecule has 0 aliphatic heterocycles. The Labute approximate surface area is 127 Å². The Morgan fingerprint density at radius 2 is 1.35 bits per heavy atom. The second kappa shape index (κ2) is 9.41. The summed E-state index contributed by atoms with van der Waals surface area (Å²) in [6, 6.07) is 6.37. The predicted molar refractivity (Wildman–Crippen MR) is 77.1 cm³/mol. The van der Waals surface area contributed by atoms with Crippen molar-refractivity contribution >= 4 is 23.5 Å². The fourth-order valence-electron chi connectivity index (χ4n) is 1.19. The molecule has 1 rings (SSSR count). The van der Waals surface area contributed by atoms with Gasteiger partial charge in [0.25, 0.3) is 0 Å². The van der Waals surface area contributed by atoms with E-state index in [1.807, 2.05) is 23.5 Å². The van der Waals surface area contributed by atoms with Gasteiger partial charge in [0.2, 0.25) is 0 Å². The monoisotopic (exact) mass is 358 g/mol. The zero-order valence-corrected chi connectivity index (χ0v) is 14.2. The smallest absolute Gasteiger partial charge is 0.256 e. The predicted octanol–water partition coefficient (Wildman–Crippen LogP) is 4.36. The maximum Gasteiger partial charge on any atom is 3.00 e. The zero-order chi connectivity index (χ0) is 12.0. The molecule has 4 heteroatoms. The molecule has 1 aromatic rings. The van der Waals surface area contributed by atoms with Crippen LogP contribution in [0.15, 0.2) is 18.2 Å². The molecule has 0 amide bonds. The minimum atomic E-state index is 0. The molecule has 0 saturated heterocycles. The molecule has 0 N–H and O–H groups in total. The third-order valence-corrected chi connectivity index (χ3v) is 4.25. The number of hydrogen-bond donors (Lipinski definition) is 0. The van der Waals surface area contributed by atoms with E-state index in [1.54, 1.807) is 0 Å². The van der Waals surface area contributed by atoms with E-state index in [-0.39, 0.29) is 19.5 Å². The molecule has 0 atom stereocenters. The first-order chi connectivity index (χ1) is 7.58. The van der Waals surface area contributed by atoms with Crippen molar-refractivity contribution in [3.05, 3.63) is 29.6 Å². The van der Waals surface area contributed by atoms with Crippen molar-refractivity contribution in [2.45, 2.75) is 49.7 Å². The summed E-state index contributed by atoms with van der Waals surface area (Å²) < 4.78 is 0. The van der Waals surface area contributed by atoms with Crippen LogP contribution in [0.5, 0.6) is 0 Å². The third-order valence-electron chi connectivity index (χ3n) is 1.99. The molecular weight excluding hydrogens is 337 g/mol. The van der Waals surface area contributed by atoms with Gasteiger partial charge in [-0.15, -0.1) is 0 Å². The Morgan fingerprint density at radius 1 is 0.941 bits per heavy atom. The number of rotatable bonds is 6. The third kappa shape index (κ3) is 8.23. The van der Waals surface area contributed by atoms with Crippen LogP contribution in [0.2, 0.25) is 0 Å². The minimum Gasteiger partial charge on any atom is -0.256 e. The molecule has 0 aliphatic carbocycles.